The summed E-state index contributed by atoms with van der Waals surface area (Å²) in [4.78, 5) is 0. The van der Waals surface area contributed by atoms with E-state index in [4.69, 9.17) is 16.3 Å². The van der Waals surface area contributed by atoms with Crippen LogP contribution in [0.1, 0.15) is 37.7 Å². The Bertz CT molecular complexity index is 388. The van der Waals surface area contributed by atoms with E-state index in [1.165, 1.54) is 32.1 Å². The Morgan fingerprint density at radius 2 is 2.05 bits per heavy atom. The molecular formula is C16H24ClNO. The molecule has 0 heterocycles. The highest BCUT2D eigenvalue weighted by atomic mass is 35.5. The molecule has 0 aliphatic heterocycles. The van der Waals surface area contributed by atoms with Gasteiger partial charge in [0.25, 0.3) is 0 Å². The third kappa shape index (κ3) is 5.04. The lowest BCUT2D eigenvalue weighted by Gasteiger charge is -2.21. The number of halogens is 1. The van der Waals surface area contributed by atoms with Crippen molar-refractivity contribution in [2.75, 3.05) is 19.7 Å². The lowest BCUT2D eigenvalue weighted by molar-refractivity contribution is 0.294. The van der Waals surface area contributed by atoms with Crippen molar-refractivity contribution in [3.63, 3.8) is 0 Å². The van der Waals surface area contributed by atoms with Crippen molar-refractivity contribution in [1.29, 1.82) is 0 Å². The topological polar surface area (TPSA) is 21.3 Å². The largest absolute Gasteiger partial charge is 0.492 e. The van der Waals surface area contributed by atoms with E-state index in [-0.39, 0.29) is 0 Å². The maximum atomic E-state index is 5.98. The minimum Gasteiger partial charge on any atom is -0.492 e. The van der Waals surface area contributed by atoms with Crippen LogP contribution >= 0.6 is 11.6 Å². The van der Waals surface area contributed by atoms with Gasteiger partial charge in [-0.3, -0.25) is 0 Å². The van der Waals surface area contributed by atoms with Gasteiger partial charge in [0.1, 0.15) is 12.4 Å². The van der Waals surface area contributed by atoms with Crippen LogP contribution in [0.15, 0.2) is 18.2 Å². The fourth-order valence-electron chi connectivity index (χ4n) is 2.65. The number of nitrogens with one attached hydrogen (secondary N) is 1. The van der Waals surface area contributed by atoms with Gasteiger partial charge in [-0.2, -0.15) is 0 Å². The molecule has 1 N–H and O–H groups in total. The average Bonchev–Trinajstić information content (AvgIpc) is 2.43. The van der Waals surface area contributed by atoms with Gasteiger partial charge in [0.2, 0.25) is 0 Å². The van der Waals surface area contributed by atoms with E-state index < -0.39 is 0 Å². The second-order valence-electron chi connectivity index (χ2n) is 5.47. The molecule has 2 nitrogen and oxygen atoms in total. The fraction of sp³-hybridized carbons (Fsp3) is 0.625. The highest BCUT2D eigenvalue weighted by Gasteiger charge is 2.12. The molecule has 0 radical (unpaired) electrons. The van der Waals surface area contributed by atoms with Crippen molar-refractivity contribution in [2.24, 2.45) is 5.92 Å². The Labute approximate surface area is 121 Å². The van der Waals surface area contributed by atoms with Crippen LogP contribution < -0.4 is 10.1 Å². The van der Waals surface area contributed by atoms with Crippen molar-refractivity contribution >= 4 is 11.6 Å². The molecule has 1 fully saturated rings. The van der Waals surface area contributed by atoms with E-state index in [9.17, 15) is 0 Å². The minimum absolute atomic E-state index is 0.716. The summed E-state index contributed by atoms with van der Waals surface area (Å²) < 4.78 is 5.71. The molecule has 106 valence electrons. The summed E-state index contributed by atoms with van der Waals surface area (Å²) in [5, 5.41) is 4.29. The second kappa shape index (κ2) is 7.76. The van der Waals surface area contributed by atoms with Crippen molar-refractivity contribution in [2.45, 2.75) is 39.0 Å². The fourth-order valence-corrected chi connectivity index (χ4v) is 2.76. The van der Waals surface area contributed by atoms with Gasteiger partial charge in [-0.25, -0.2) is 0 Å². The van der Waals surface area contributed by atoms with E-state index in [0.29, 0.717) is 6.61 Å². The summed E-state index contributed by atoms with van der Waals surface area (Å²) >= 11 is 5.98. The molecule has 1 aliphatic carbocycles. The van der Waals surface area contributed by atoms with E-state index in [1.54, 1.807) is 0 Å². The predicted octanol–water partition coefficient (Wildman–Crippen LogP) is 4.20. The molecule has 3 heteroatoms. The molecule has 1 aromatic rings. The van der Waals surface area contributed by atoms with Gasteiger partial charge in [0, 0.05) is 11.6 Å². The van der Waals surface area contributed by atoms with Gasteiger partial charge in [0.05, 0.1) is 0 Å². The highest BCUT2D eigenvalue weighted by Crippen LogP contribution is 2.23. The number of aryl methyl sites for hydroxylation is 1. The third-order valence-electron chi connectivity index (χ3n) is 3.83. The van der Waals surface area contributed by atoms with Crippen LogP contribution in [0.4, 0.5) is 0 Å². The summed E-state index contributed by atoms with van der Waals surface area (Å²) in [7, 11) is 0. The molecule has 0 amide bonds. The number of hydrogen-bond donors (Lipinski definition) is 1. The van der Waals surface area contributed by atoms with Crippen LogP contribution in [0.3, 0.4) is 0 Å². The lowest BCUT2D eigenvalue weighted by Crippen LogP contribution is -2.28. The normalized spacial score (nSPS) is 16.5. The molecule has 1 aliphatic rings. The van der Waals surface area contributed by atoms with Gasteiger partial charge < -0.3 is 10.1 Å². The molecule has 19 heavy (non-hydrogen) atoms. The zero-order chi connectivity index (χ0) is 13.5. The van der Waals surface area contributed by atoms with Crippen molar-refractivity contribution in [3.8, 4) is 5.75 Å². The first-order chi connectivity index (χ1) is 9.25. The van der Waals surface area contributed by atoms with E-state index in [2.05, 4.69) is 5.32 Å². The number of ether oxygens (including phenoxy) is 1. The summed E-state index contributed by atoms with van der Waals surface area (Å²) in [5.74, 6) is 1.79. The van der Waals surface area contributed by atoms with E-state index in [0.717, 1.165) is 35.3 Å². The van der Waals surface area contributed by atoms with Crippen LogP contribution in [-0.2, 0) is 0 Å². The monoisotopic (exact) mass is 281 g/mol. The number of rotatable bonds is 6. The molecule has 2 rings (SSSR count). The molecular weight excluding hydrogens is 258 g/mol. The first-order valence-corrected chi connectivity index (χ1v) is 7.73. The molecule has 1 aromatic carbocycles. The van der Waals surface area contributed by atoms with Gasteiger partial charge in [0.15, 0.2) is 0 Å². The molecule has 0 saturated heterocycles. The molecule has 0 unspecified atom stereocenters. The molecule has 0 bridgehead atoms. The third-order valence-corrected chi connectivity index (χ3v) is 4.26. The number of benzene rings is 1. The Balaban J connectivity index is 1.59. The second-order valence-corrected chi connectivity index (χ2v) is 5.87. The Morgan fingerprint density at radius 3 is 2.79 bits per heavy atom. The molecule has 0 atom stereocenters. The van der Waals surface area contributed by atoms with E-state index in [1.807, 2.05) is 25.1 Å². The average molecular weight is 282 g/mol. The number of hydrogen-bond acceptors (Lipinski definition) is 2. The zero-order valence-corrected chi connectivity index (χ0v) is 12.5. The molecule has 1 saturated carbocycles. The van der Waals surface area contributed by atoms with E-state index >= 15 is 0 Å². The summed E-state index contributed by atoms with van der Waals surface area (Å²) in [6, 6.07) is 5.81. The smallest absolute Gasteiger partial charge is 0.119 e. The molecule has 0 spiro atoms. The van der Waals surface area contributed by atoms with Crippen molar-refractivity contribution in [1.82, 2.24) is 5.32 Å². The highest BCUT2D eigenvalue weighted by molar-refractivity contribution is 6.31. The van der Waals surface area contributed by atoms with Crippen molar-refractivity contribution in [3.05, 3.63) is 28.8 Å². The quantitative estimate of drug-likeness (QED) is 0.789. The van der Waals surface area contributed by atoms with Gasteiger partial charge in [-0.1, -0.05) is 30.9 Å². The van der Waals surface area contributed by atoms with Crippen LogP contribution in [0, 0.1) is 12.8 Å². The Hall–Kier alpha value is -0.730. The van der Waals surface area contributed by atoms with Crippen LogP contribution in [0.25, 0.3) is 0 Å². The Kier molecular flexibility index (Phi) is 5.99. The first kappa shape index (κ1) is 14.7. The summed E-state index contributed by atoms with van der Waals surface area (Å²) in [5.41, 5.74) is 1.06. The zero-order valence-electron chi connectivity index (χ0n) is 11.8. The van der Waals surface area contributed by atoms with Crippen LogP contribution in [0.2, 0.25) is 5.02 Å². The Morgan fingerprint density at radius 1 is 1.26 bits per heavy atom. The van der Waals surface area contributed by atoms with Crippen molar-refractivity contribution < 1.29 is 4.74 Å². The van der Waals surface area contributed by atoms with Gasteiger partial charge in [-0.05, 0) is 56.0 Å². The summed E-state index contributed by atoms with van der Waals surface area (Å²) in [6.07, 6.45) is 7.03. The van der Waals surface area contributed by atoms with Crippen LogP contribution in [0.5, 0.6) is 5.75 Å². The predicted molar refractivity (Wildman–Crippen MR) is 81.1 cm³/mol. The SMILES string of the molecule is Cc1cc(OCCNCC2CCCCC2)ccc1Cl. The maximum Gasteiger partial charge on any atom is 0.119 e. The molecule has 0 aromatic heterocycles. The first-order valence-electron chi connectivity index (χ1n) is 7.35. The van der Waals surface area contributed by atoms with Crippen LogP contribution in [-0.4, -0.2) is 19.7 Å². The maximum absolute atomic E-state index is 5.98. The summed E-state index contributed by atoms with van der Waals surface area (Å²) in [6.45, 7) is 4.77. The minimum atomic E-state index is 0.716. The lowest BCUT2D eigenvalue weighted by atomic mass is 9.89. The van der Waals surface area contributed by atoms with Gasteiger partial charge in [-0.15, -0.1) is 0 Å². The standard InChI is InChI=1S/C16H24ClNO/c1-13-11-15(7-8-16(13)17)19-10-9-18-12-14-5-3-2-4-6-14/h7-8,11,14,18H,2-6,9-10,12H2,1H3. The van der Waals surface area contributed by atoms with Gasteiger partial charge >= 0.3 is 0 Å².